The van der Waals surface area contributed by atoms with Gasteiger partial charge in [-0.25, -0.2) is 0 Å². The summed E-state index contributed by atoms with van der Waals surface area (Å²) in [6.45, 7) is 1.20. The number of anilines is 1. The fraction of sp³-hybridized carbons (Fsp3) is 0.308. The van der Waals surface area contributed by atoms with Crippen molar-refractivity contribution in [3.8, 4) is 0 Å². The van der Waals surface area contributed by atoms with Crippen molar-refractivity contribution in [2.75, 3.05) is 17.2 Å². The zero-order valence-corrected chi connectivity index (χ0v) is 11.6. The van der Waals surface area contributed by atoms with E-state index in [9.17, 15) is 18.6 Å². The first kappa shape index (κ1) is 14.4. The molecule has 1 amide bonds. The highest BCUT2D eigenvalue weighted by atomic mass is 32.2. The van der Waals surface area contributed by atoms with Crippen LogP contribution in [-0.4, -0.2) is 39.3 Å². The number of fused-ring (bicyclic) bond motifs is 1. The Balaban J connectivity index is 2.53. The summed E-state index contributed by atoms with van der Waals surface area (Å²) in [5.74, 6) is -2.03. The molecule has 0 bridgehead atoms. The van der Waals surface area contributed by atoms with Crippen LogP contribution in [0.1, 0.15) is 23.7 Å². The van der Waals surface area contributed by atoms with Gasteiger partial charge in [0.25, 0.3) is 0 Å². The number of rotatable bonds is 4. The maximum absolute atomic E-state index is 11.9. The summed E-state index contributed by atoms with van der Waals surface area (Å²) < 4.78 is 11.9. The molecule has 6 nitrogen and oxygen atoms in total. The van der Waals surface area contributed by atoms with Gasteiger partial charge in [-0.15, -0.1) is 0 Å². The normalized spacial score (nSPS) is 17.8. The first-order valence-corrected chi connectivity index (χ1v) is 7.33. The average molecular weight is 295 g/mol. The molecule has 0 radical (unpaired) electrons. The number of carbonyl (C=O) groups excluding carboxylic acids is 2. The van der Waals surface area contributed by atoms with Gasteiger partial charge in [-0.3, -0.25) is 23.5 Å². The van der Waals surface area contributed by atoms with Crippen LogP contribution in [0.15, 0.2) is 23.1 Å². The van der Waals surface area contributed by atoms with Crippen LogP contribution in [0, 0.1) is 0 Å². The molecule has 1 aromatic carbocycles. The molecule has 1 atom stereocenters. The molecule has 20 heavy (non-hydrogen) atoms. The summed E-state index contributed by atoms with van der Waals surface area (Å²) in [6, 6.07) is 4.52. The molecular weight excluding hydrogens is 282 g/mol. The fourth-order valence-electron chi connectivity index (χ4n) is 2.01. The molecule has 7 heteroatoms. The van der Waals surface area contributed by atoms with E-state index in [0.717, 1.165) is 4.90 Å². The van der Waals surface area contributed by atoms with Crippen LogP contribution in [0.4, 0.5) is 5.69 Å². The predicted molar refractivity (Wildman–Crippen MR) is 72.3 cm³/mol. The highest BCUT2D eigenvalue weighted by Gasteiger charge is 2.31. The number of ketones is 1. The highest BCUT2D eigenvalue weighted by Crippen LogP contribution is 2.30. The molecule has 1 heterocycles. The van der Waals surface area contributed by atoms with Gasteiger partial charge in [-0.1, -0.05) is 13.0 Å². The van der Waals surface area contributed by atoms with Crippen molar-refractivity contribution < 1.29 is 23.7 Å². The molecule has 0 aliphatic carbocycles. The van der Waals surface area contributed by atoms with Gasteiger partial charge in [0.05, 0.1) is 21.4 Å². The number of amides is 1. The number of nitrogens with zero attached hydrogens (tertiary/aromatic N) is 1. The lowest BCUT2D eigenvalue weighted by Crippen LogP contribution is -2.42. The number of benzene rings is 1. The lowest BCUT2D eigenvalue weighted by atomic mass is 10.1. The summed E-state index contributed by atoms with van der Waals surface area (Å²) in [5.41, 5.74) is 0.634. The Hall–Kier alpha value is -2.02. The second-order valence-electron chi connectivity index (χ2n) is 4.32. The van der Waals surface area contributed by atoms with Gasteiger partial charge in [-0.2, -0.15) is 0 Å². The van der Waals surface area contributed by atoms with E-state index in [1.54, 1.807) is 13.0 Å². The van der Waals surface area contributed by atoms with Crippen LogP contribution in [0.25, 0.3) is 0 Å². The Morgan fingerprint density at radius 2 is 2.10 bits per heavy atom. The van der Waals surface area contributed by atoms with Gasteiger partial charge in [0.2, 0.25) is 5.91 Å². The van der Waals surface area contributed by atoms with Crippen molar-refractivity contribution in [2.24, 2.45) is 0 Å². The molecule has 2 rings (SSSR count). The molecule has 1 N–H and O–H groups in total. The third-order valence-electron chi connectivity index (χ3n) is 2.99. The van der Waals surface area contributed by atoms with E-state index in [-0.39, 0.29) is 17.2 Å². The molecule has 0 saturated heterocycles. The van der Waals surface area contributed by atoms with Crippen LogP contribution < -0.4 is 4.90 Å². The number of Topliss-reactive ketones (excluding diaryl/α,β-unsaturated/α-hetero) is 1. The number of aliphatic carboxylic acids is 1. The van der Waals surface area contributed by atoms with Crippen LogP contribution in [-0.2, 0) is 20.4 Å². The quantitative estimate of drug-likeness (QED) is 0.830. The SMILES string of the molecule is CCC(=O)c1ccc2c(c1)N(CC(=O)O)C(=O)CS2=O. The number of hydrogen-bond donors (Lipinski definition) is 1. The zero-order valence-electron chi connectivity index (χ0n) is 10.8. The zero-order chi connectivity index (χ0) is 14.9. The van der Waals surface area contributed by atoms with Gasteiger partial charge in [0.1, 0.15) is 12.3 Å². The van der Waals surface area contributed by atoms with Gasteiger partial charge in [0, 0.05) is 12.0 Å². The van der Waals surface area contributed by atoms with E-state index in [1.165, 1.54) is 12.1 Å². The lowest BCUT2D eigenvalue weighted by molar-refractivity contribution is -0.136. The lowest BCUT2D eigenvalue weighted by Gasteiger charge is -2.27. The van der Waals surface area contributed by atoms with Gasteiger partial charge in [-0.05, 0) is 12.1 Å². The standard InChI is InChI=1S/C13H13NO5S/c1-2-10(15)8-3-4-11-9(5-8)14(6-13(17)18)12(16)7-20(11)19/h3-5H,2,6-7H2,1H3,(H,17,18). The second kappa shape index (κ2) is 5.54. The Bertz CT molecular complexity index is 625. The third-order valence-corrected chi connectivity index (χ3v) is 4.33. The van der Waals surface area contributed by atoms with E-state index in [2.05, 4.69) is 0 Å². The fourth-order valence-corrected chi connectivity index (χ4v) is 3.17. The molecule has 0 spiro atoms. The topological polar surface area (TPSA) is 91.8 Å². The van der Waals surface area contributed by atoms with E-state index in [4.69, 9.17) is 5.11 Å². The smallest absolute Gasteiger partial charge is 0.323 e. The number of carbonyl (C=O) groups is 3. The molecule has 0 aromatic heterocycles. The Kier molecular flexibility index (Phi) is 3.99. The summed E-state index contributed by atoms with van der Waals surface area (Å²) in [4.78, 5) is 35.8. The Labute approximate surface area is 117 Å². The van der Waals surface area contributed by atoms with E-state index in [0.29, 0.717) is 16.9 Å². The van der Waals surface area contributed by atoms with E-state index >= 15 is 0 Å². The average Bonchev–Trinajstić information content (AvgIpc) is 2.41. The summed E-state index contributed by atoms with van der Waals surface area (Å²) in [6.07, 6.45) is 0.300. The highest BCUT2D eigenvalue weighted by molar-refractivity contribution is 7.86. The molecule has 1 aliphatic rings. The van der Waals surface area contributed by atoms with E-state index < -0.39 is 29.2 Å². The van der Waals surface area contributed by atoms with Crippen LogP contribution >= 0.6 is 0 Å². The number of carboxylic acid groups (broad SMARTS) is 1. The van der Waals surface area contributed by atoms with Crippen molar-refractivity contribution in [1.82, 2.24) is 0 Å². The van der Waals surface area contributed by atoms with Gasteiger partial charge >= 0.3 is 5.97 Å². The minimum atomic E-state index is -1.50. The maximum atomic E-state index is 11.9. The third kappa shape index (κ3) is 2.62. The summed E-state index contributed by atoms with van der Waals surface area (Å²) in [7, 11) is -1.50. The number of hydrogen-bond acceptors (Lipinski definition) is 4. The molecule has 1 unspecified atom stereocenters. The Morgan fingerprint density at radius 1 is 1.40 bits per heavy atom. The molecule has 0 fully saturated rings. The summed E-state index contributed by atoms with van der Waals surface area (Å²) >= 11 is 0. The predicted octanol–water partition coefficient (Wildman–Crippen LogP) is 0.818. The largest absolute Gasteiger partial charge is 0.480 e. The van der Waals surface area contributed by atoms with Crippen molar-refractivity contribution >= 4 is 34.1 Å². The Morgan fingerprint density at radius 3 is 2.70 bits per heavy atom. The number of carboxylic acids is 1. The monoisotopic (exact) mass is 295 g/mol. The molecule has 106 valence electrons. The van der Waals surface area contributed by atoms with Gasteiger partial charge < -0.3 is 5.11 Å². The molecular formula is C13H13NO5S. The van der Waals surface area contributed by atoms with E-state index in [1.807, 2.05) is 0 Å². The van der Waals surface area contributed by atoms with Crippen LogP contribution in [0.3, 0.4) is 0 Å². The first-order valence-electron chi connectivity index (χ1n) is 6.01. The van der Waals surface area contributed by atoms with Gasteiger partial charge in [0.15, 0.2) is 5.78 Å². The minimum absolute atomic E-state index is 0.119. The van der Waals surface area contributed by atoms with Crippen molar-refractivity contribution in [1.29, 1.82) is 0 Å². The molecule has 0 saturated carbocycles. The van der Waals surface area contributed by atoms with Crippen molar-refractivity contribution in [2.45, 2.75) is 18.2 Å². The first-order chi connectivity index (χ1) is 9.43. The second-order valence-corrected chi connectivity index (χ2v) is 5.74. The molecule has 1 aromatic rings. The van der Waals surface area contributed by atoms with Crippen molar-refractivity contribution in [3.05, 3.63) is 23.8 Å². The van der Waals surface area contributed by atoms with Crippen LogP contribution in [0.2, 0.25) is 0 Å². The van der Waals surface area contributed by atoms with Crippen LogP contribution in [0.5, 0.6) is 0 Å². The maximum Gasteiger partial charge on any atom is 0.323 e. The molecule has 1 aliphatic heterocycles. The minimum Gasteiger partial charge on any atom is -0.480 e. The van der Waals surface area contributed by atoms with Crippen molar-refractivity contribution in [3.63, 3.8) is 0 Å². The summed E-state index contributed by atoms with van der Waals surface area (Å²) in [5, 5.41) is 8.86.